The molecule has 0 aliphatic carbocycles. The molecule has 2 rings (SSSR count). The Balaban J connectivity index is 2.08. The van der Waals surface area contributed by atoms with Gasteiger partial charge in [0.1, 0.15) is 0 Å². The van der Waals surface area contributed by atoms with Crippen molar-refractivity contribution in [2.75, 3.05) is 6.54 Å². The summed E-state index contributed by atoms with van der Waals surface area (Å²) in [5, 5.41) is 8.62. The van der Waals surface area contributed by atoms with Gasteiger partial charge in [-0.05, 0) is 36.6 Å². The van der Waals surface area contributed by atoms with Gasteiger partial charge in [-0.2, -0.15) is 0 Å². The van der Waals surface area contributed by atoms with Crippen LogP contribution in [-0.4, -0.2) is 34.5 Å². The summed E-state index contributed by atoms with van der Waals surface area (Å²) in [5.41, 5.74) is 7.28. The van der Waals surface area contributed by atoms with Crippen molar-refractivity contribution in [2.45, 2.75) is 25.4 Å². The molecule has 1 aliphatic heterocycles. The van der Waals surface area contributed by atoms with E-state index in [2.05, 4.69) is 4.90 Å². The Bertz CT molecular complexity index is 540. The van der Waals surface area contributed by atoms with Crippen molar-refractivity contribution in [1.29, 1.82) is 0 Å². The normalized spacial score (nSPS) is 19.5. The van der Waals surface area contributed by atoms with E-state index in [9.17, 15) is 9.59 Å². The Morgan fingerprint density at radius 2 is 2.25 bits per heavy atom. The summed E-state index contributed by atoms with van der Waals surface area (Å²) in [5.74, 6) is -1.24. The average Bonchev–Trinajstić information content (AvgIpc) is 2.85. The summed E-state index contributed by atoms with van der Waals surface area (Å²) in [4.78, 5) is 23.9. The molecule has 1 fully saturated rings. The minimum Gasteiger partial charge on any atom is -0.478 e. The second-order valence-corrected chi connectivity index (χ2v) is 4.95. The summed E-state index contributed by atoms with van der Waals surface area (Å²) in [6.07, 6.45) is 4.46. The number of carboxylic acid groups (broad SMARTS) is 1. The van der Waals surface area contributed by atoms with E-state index in [1.165, 1.54) is 0 Å². The number of carbonyl (C=O) groups is 2. The Kier molecular flexibility index (Phi) is 4.53. The van der Waals surface area contributed by atoms with Crippen molar-refractivity contribution < 1.29 is 14.7 Å². The van der Waals surface area contributed by atoms with Crippen molar-refractivity contribution in [2.24, 2.45) is 5.73 Å². The number of carbonyl (C=O) groups excluding carboxylic acids is 1. The van der Waals surface area contributed by atoms with Gasteiger partial charge in [-0.1, -0.05) is 24.3 Å². The second-order valence-electron chi connectivity index (χ2n) is 4.95. The monoisotopic (exact) mass is 274 g/mol. The van der Waals surface area contributed by atoms with Crippen LogP contribution in [0, 0.1) is 0 Å². The molecule has 1 unspecified atom stereocenters. The summed E-state index contributed by atoms with van der Waals surface area (Å²) in [7, 11) is 0. The molecule has 1 amide bonds. The van der Waals surface area contributed by atoms with Gasteiger partial charge >= 0.3 is 5.97 Å². The lowest BCUT2D eigenvalue weighted by molar-refractivity contribution is -0.131. The maximum atomic E-state index is 11.4. The standard InChI is InChI=1S/C15H18N2O3/c16-15(20)13-5-2-8-17(13)10-12-4-1-3-11(9-12)6-7-14(18)19/h1,3-4,6-7,9,13H,2,5,8,10H2,(H2,16,20)(H,18,19). The number of hydrogen-bond acceptors (Lipinski definition) is 3. The first kappa shape index (κ1) is 14.3. The Hall–Kier alpha value is -2.14. The molecule has 5 heteroatoms. The van der Waals surface area contributed by atoms with Crippen molar-refractivity contribution in [3.05, 3.63) is 41.5 Å². The zero-order valence-electron chi connectivity index (χ0n) is 11.2. The lowest BCUT2D eigenvalue weighted by Crippen LogP contribution is -2.39. The van der Waals surface area contributed by atoms with Gasteiger partial charge in [0.05, 0.1) is 6.04 Å². The zero-order chi connectivity index (χ0) is 14.5. The second kappa shape index (κ2) is 6.34. The van der Waals surface area contributed by atoms with Gasteiger partial charge in [0.25, 0.3) is 0 Å². The maximum Gasteiger partial charge on any atom is 0.328 e. The quantitative estimate of drug-likeness (QED) is 0.791. The fraction of sp³-hybridized carbons (Fsp3) is 0.333. The molecule has 1 heterocycles. The molecule has 3 N–H and O–H groups in total. The molecule has 1 saturated heterocycles. The van der Waals surface area contributed by atoms with E-state index < -0.39 is 5.97 Å². The highest BCUT2D eigenvalue weighted by molar-refractivity contribution is 5.85. The highest BCUT2D eigenvalue weighted by Crippen LogP contribution is 2.20. The molecule has 106 valence electrons. The van der Waals surface area contributed by atoms with E-state index >= 15 is 0 Å². The van der Waals surface area contributed by atoms with Crippen molar-refractivity contribution in [3.63, 3.8) is 0 Å². The van der Waals surface area contributed by atoms with Gasteiger partial charge in [-0.3, -0.25) is 9.69 Å². The van der Waals surface area contributed by atoms with Crippen LogP contribution in [0.3, 0.4) is 0 Å². The average molecular weight is 274 g/mol. The molecule has 0 spiro atoms. The van der Waals surface area contributed by atoms with Gasteiger partial charge in [-0.15, -0.1) is 0 Å². The molecule has 0 bridgehead atoms. The predicted octanol–water partition coefficient (Wildman–Crippen LogP) is 1.23. The summed E-state index contributed by atoms with van der Waals surface area (Å²) in [6.45, 7) is 1.52. The van der Waals surface area contributed by atoms with Gasteiger partial charge < -0.3 is 10.8 Å². The minimum absolute atomic E-state index is 0.187. The van der Waals surface area contributed by atoms with E-state index in [-0.39, 0.29) is 11.9 Å². The van der Waals surface area contributed by atoms with Gasteiger partial charge in [0.15, 0.2) is 0 Å². The van der Waals surface area contributed by atoms with Crippen LogP contribution in [0.2, 0.25) is 0 Å². The number of rotatable bonds is 5. The molecule has 1 aliphatic rings. The van der Waals surface area contributed by atoms with Crippen LogP contribution in [-0.2, 0) is 16.1 Å². The number of benzene rings is 1. The number of nitrogens with two attached hydrogens (primary N) is 1. The SMILES string of the molecule is NC(=O)C1CCCN1Cc1cccc(C=CC(=O)O)c1. The smallest absolute Gasteiger partial charge is 0.328 e. The third-order valence-electron chi connectivity index (χ3n) is 3.45. The van der Waals surface area contributed by atoms with E-state index in [4.69, 9.17) is 10.8 Å². The van der Waals surface area contributed by atoms with Crippen molar-refractivity contribution in [1.82, 2.24) is 4.90 Å². The Morgan fingerprint density at radius 3 is 2.95 bits per heavy atom. The highest BCUT2D eigenvalue weighted by atomic mass is 16.4. The highest BCUT2D eigenvalue weighted by Gasteiger charge is 2.28. The molecular weight excluding hydrogens is 256 g/mol. The van der Waals surface area contributed by atoms with Crippen molar-refractivity contribution in [3.8, 4) is 0 Å². The van der Waals surface area contributed by atoms with Gasteiger partial charge in [-0.25, -0.2) is 4.79 Å². The third kappa shape index (κ3) is 3.68. The van der Waals surface area contributed by atoms with Crippen LogP contribution in [0.15, 0.2) is 30.3 Å². The zero-order valence-corrected chi connectivity index (χ0v) is 11.2. The number of nitrogens with zero attached hydrogens (tertiary/aromatic N) is 1. The van der Waals surface area contributed by atoms with E-state index in [1.807, 2.05) is 24.3 Å². The minimum atomic E-state index is -0.969. The first-order chi connectivity index (χ1) is 9.56. The number of aliphatic carboxylic acids is 1. The fourth-order valence-electron chi connectivity index (χ4n) is 2.53. The van der Waals surface area contributed by atoms with Crippen molar-refractivity contribution >= 4 is 18.0 Å². The number of amides is 1. The Morgan fingerprint density at radius 1 is 1.45 bits per heavy atom. The first-order valence-corrected chi connectivity index (χ1v) is 6.59. The molecule has 0 radical (unpaired) electrons. The number of likely N-dealkylation sites (tertiary alicyclic amines) is 1. The molecule has 1 aromatic rings. The van der Waals surface area contributed by atoms with E-state index in [1.54, 1.807) is 6.08 Å². The lowest BCUT2D eigenvalue weighted by Gasteiger charge is -2.21. The third-order valence-corrected chi connectivity index (χ3v) is 3.45. The molecule has 1 atom stereocenters. The van der Waals surface area contributed by atoms with Crippen LogP contribution >= 0.6 is 0 Å². The van der Waals surface area contributed by atoms with E-state index in [0.29, 0.717) is 6.54 Å². The predicted molar refractivity (Wildman–Crippen MR) is 75.7 cm³/mol. The summed E-state index contributed by atoms with van der Waals surface area (Å²) < 4.78 is 0. The molecule has 20 heavy (non-hydrogen) atoms. The van der Waals surface area contributed by atoms with Crippen LogP contribution in [0.5, 0.6) is 0 Å². The Labute approximate surface area is 117 Å². The molecule has 0 aromatic heterocycles. The number of primary amides is 1. The maximum absolute atomic E-state index is 11.4. The van der Waals surface area contributed by atoms with Crippen LogP contribution in [0.1, 0.15) is 24.0 Å². The topological polar surface area (TPSA) is 83.6 Å². The largest absolute Gasteiger partial charge is 0.478 e. The number of hydrogen-bond donors (Lipinski definition) is 2. The fourth-order valence-corrected chi connectivity index (χ4v) is 2.53. The van der Waals surface area contributed by atoms with E-state index in [0.717, 1.165) is 36.6 Å². The van der Waals surface area contributed by atoms with Crippen LogP contribution in [0.4, 0.5) is 0 Å². The molecule has 1 aromatic carbocycles. The van der Waals surface area contributed by atoms with Crippen LogP contribution in [0.25, 0.3) is 6.08 Å². The lowest BCUT2D eigenvalue weighted by atomic mass is 10.1. The van der Waals surface area contributed by atoms with Gasteiger partial charge in [0.2, 0.25) is 5.91 Å². The number of carboxylic acids is 1. The summed E-state index contributed by atoms with van der Waals surface area (Å²) >= 11 is 0. The van der Waals surface area contributed by atoms with Gasteiger partial charge in [0, 0.05) is 12.6 Å². The molecule has 5 nitrogen and oxygen atoms in total. The van der Waals surface area contributed by atoms with Crippen LogP contribution < -0.4 is 5.73 Å². The molecular formula is C15H18N2O3. The first-order valence-electron chi connectivity index (χ1n) is 6.59. The summed E-state index contributed by atoms with van der Waals surface area (Å²) in [6, 6.07) is 7.43. The molecule has 0 saturated carbocycles.